The summed E-state index contributed by atoms with van der Waals surface area (Å²) >= 11 is 1.82. The molecule has 3 atom stereocenters. The summed E-state index contributed by atoms with van der Waals surface area (Å²) in [4.78, 5) is 23.3. The Morgan fingerprint density at radius 3 is 2.62 bits per heavy atom. The minimum atomic E-state index is 0.221. The highest BCUT2D eigenvalue weighted by molar-refractivity contribution is 7.11. The van der Waals surface area contributed by atoms with Gasteiger partial charge in [0.1, 0.15) is 5.01 Å². The average molecular weight is 370 g/mol. The number of aromatic nitrogens is 1. The molecule has 0 radical (unpaired) electrons. The largest absolute Gasteiger partial charge is 0.335 e. The van der Waals surface area contributed by atoms with Crippen molar-refractivity contribution in [1.29, 1.82) is 0 Å². The van der Waals surface area contributed by atoms with Crippen molar-refractivity contribution in [2.24, 2.45) is 11.8 Å². The zero-order chi connectivity index (χ0) is 18.3. The average Bonchev–Trinajstić information content (AvgIpc) is 3.27. The monoisotopic (exact) mass is 369 g/mol. The molecule has 2 aliphatic heterocycles. The van der Waals surface area contributed by atoms with E-state index in [9.17, 15) is 4.79 Å². The molecule has 0 aliphatic carbocycles. The highest BCUT2D eigenvalue weighted by Gasteiger charge is 2.48. The van der Waals surface area contributed by atoms with E-state index in [4.69, 9.17) is 4.98 Å². The number of carbonyl (C=O) groups is 1. The zero-order valence-corrected chi connectivity index (χ0v) is 16.6. The second kappa shape index (κ2) is 7.12. The van der Waals surface area contributed by atoms with E-state index >= 15 is 0 Å². The third-order valence-electron chi connectivity index (χ3n) is 5.94. The second-order valence-corrected chi connectivity index (χ2v) is 8.91. The smallest absolute Gasteiger partial charge is 0.222 e. The molecule has 26 heavy (non-hydrogen) atoms. The lowest BCUT2D eigenvalue weighted by molar-refractivity contribution is -0.132. The molecule has 1 aromatic heterocycles. The maximum Gasteiger partial charge on any atom is 0.222 e. The lowest BCUT2D eigenvalue weighted by atomic mass is 9.89. The van der Waals surface area contributed by atoms with Crippen molar-refractivity contribution in [2.45, 2.75) is 39.8 Å². The van der Waals surface area contributed by atoms with Gasteiger partial charge in [-0.05, 0) is 25.3 Å². The summed E-state index contributed by atoms with van der Waals surface area (Å²) in [6.45, 7) is 10.2. The first-order valence-electron chi connectivity index (χ1n) is 9.56. The fraction of sp³-hybridized carbons (Fsp3) is 0.524. The number of carbonyl (C=O) groups excluding carboxylic acids is 1. The number of thiazole rings is 1. The summed E-state index contributed by atoms with van der Waals surface area (Å²) in [6, 6.07) is 10.8. The Balaban J connectivity index is 1.54. The fourth-order valence-corrected chi connectivity index (χ4v) is 5.58. The first-order valence-corrected chi connectivity index (χ1v) is 10.4. The van der Waals surface area contributed by atoms with Gasteiger partial charge in [-0.3, -0.25) is 9.69 Å². The molecule has 2 saturated heterocycles. The third-order valence-corrected chi connectivity index (χ3v) is 6.99. The summed E-state index contributed by atoms with van der Waals surface area (Å²) in [5, 5.41) is 1.22. The van der Waals surface area contributed by atoms with Crippen LogP contribution in [0.15, 0.2) is 30.3 Å². The van der Waals surface area contributed by atoms with E-state index in [0.717, 1.165) is 31.9 Å². The molecule has 0 N–H and O–H groups in total. The quantitative estimate of drug-likeness (QED) is 0.822. The minimum Gasteiger partial charge on any atom is -0.335 e. The van der Waals surface area contributed by atoms with E-state index in [0.29, 0.717) is 18.3 Å². The number of fused-ring (bicyclic) bond motifs is 1. The minimum absolute atomic E-state index is 0.221. The van der Waals surface area contributed by atoms with Crippen molar-refractivity contribution in [2.75, 3.05) is 19.6 Å². The van der Waals surface area contributed by atoms with E-state index in [1.54, 1.807) is 0 Å². The fourth-order valence-electron chi connectivity index (χ4n) is 4.60. The van der Waals surface area contributed by atoms with Crippen molar-refractivity contribution in [3.05, 3.63) is 51.5 Å². The van der Waals surface area contributed by atoms with Gasteiger partial charge in [0.25, 0.3) is 0 Å². The lowest BCUT2D eigenvalue weighted by Crippen LogP contribution is -2.35. The van der Waals surface area contributed by atoms with Crippen LogP contribution in [-0.2, 0) is 11.3 Å². The number of hydrogen-bond donors (Lipinski definition) is 0. The Labute approximate surface area is 159 Å². The van der Waals surface area contributed by atoms with Crippen LogP contribution in [0.2, 0.25) is 0 Å². The third kappa shape index (κ3) is 3.19. The van der Waals surface area contributed by atoms with Gasteiger partial charge in [0.15, 0.2) is 0 Å². The van der Waals surface area contributed by atoms with Crippen molar-refractivity contribution in [3.8, 4) is 0 Å². The van der Waals surface area contributed by atoms with Crippen LogP contribution in [0.3, 0.4) is 0 Å². The standard InChI is InChI=1S/C21H27N3OS/c1-4-20(25)24-11-17-10-23(13-19-22-14(2)15(3)26-19)12-18(17)21(24)16-8-6-5-7-9-16/h5-9,17-18,21H,4,10-13H2,1-3H3/t17-,18-,21+/m0/s1. The van der Waals surface area contributed by atoms with Crippen LogP contribution in [0.1, 0.15) is 40.5 Å². The zero-order valence-electron chi connectivity index (χ0n) is 15.8. The molecule has 4 nitrogen and oxygen atoms in total. The number of benzene rings is 1. The molecule has 1 amide bonds. The topological polar surface area (TPSA) is 36.4 Å². The van der Waals surface area contributed by atoms with Gasteiger partial charge in [-0.15, -0.1) is 11.3 Å². The summed E-state index contributed by atoms with van der Waals surface area (Å²) in [5.41, 5.74) is 2.44. The highest BCUT2D eigenvalue weighted by Crippen LogP contribution is 2.45. The van der Waals surface area contributed by atoms with E-state index in [2.05, 4.69) is 54.0 Å². The Bertz CT molecular complexity index is 768. The van der Waals surface area contributed by atoms with Crippen molar-refractivity contribution in [3.63, 3.8) is 0 Å². The van der Waals surface area contributed by atoms with E-state index in [1.165, 1.54) is 15.4 Å². The highest BCUT2D eigenvalue weighted by atomic mass is 32.1. The lowest BCUT2D eigenvalue weighted by Gasteiger charge is -2.29. The molecule has 3 heterocycles. The van der Waals surface area contributed by atoms with Gasteiger partial charge in [-0.25, -0.2) is 4.98 Å². The van der Waals surface area contributed by atoms with Gasteiger partial charge in [0.2, 0.25) is 5.91 Å². The predicted molar refractivity (Wildman–Crippen MR) is 105 cm³/mol. The maximum atomic E-state index is 12.5. The van der Waals surface area contributed by atoms with Crippen molar-refractivity contribution >= 4 is 17.2 Å². The van der Waals surface area contributed by atoms with Crippen LogP contribution in [0.4, 0.5) is 0 Å². The van der Waals surface area contributed by atoms with Gasteiger partial charge < -0.3 is 4.90 Å². The molecule has 0 saturated carbocycles. The van der Waals surface area contributed by atoms with Crippen LogP contribution in [0, 0.1) is 25.7 Å². The molecule has 4 rings (SSSR count). The summed E-state index contributed by atoms with van der Waals surface area (Å²) in [5.74, 6) is 1.37. The molecule has 5 heteroatoms. The van der Waals surface area contributed by atoms with Gasteiger partial charge in [0.05, 0.1) is 18.3 Å². The Morgan fingerprint density at radius 1 is 1.19 bits per heavy atom. The first-order chi connectivity index (χ1) is 12.6. The number of rotatable bonds is 4. The van der Waals surface area contributed by atoms with Crippen molar-refractivity contribution < 1.29 is 4.79 Å². The molecule has 0 spiro atoms. The van der Waals surface area contributed by atoms with Crippen LogP contribution >= 0.6 is 11.3 Å². The molecule has 2 fully saturated rings. The number of aryl methyl sites for hydroxylation is 2. The molecule has 138 valence electrons. The Hall–Kier alpha value is -1.72. The molecular formula is C21H27N3OS. The first kappa shape index (κ1) is 17.7. The van der Waals surface area contributed by atoms with Crippen LogP contribution in [-0.4, -0.2) is 40.3 Å². The van der Waals surface area contributed by atoms with Crippen LogP contribution in [0.5, 0.6) is 0 Å². The Kier molecular flexibility index (Phi) is 4.84. The molecular weight excluding hydrogens is 342 g/mol. The number of hydrogen-bond acceptors (Lipinski definition) is 4. The van der Waals surface area contributed by atoms with Crippen molar-refractivity contribution in [1.82, 2.24) is 14.8 Å². The van der Waals surface area contributed by atoms with Crippen LogP contribution in [0.25, 0.3) is 0 Å². The molecule has 0 bridgehead atoms. The van der Waals surface area contributed by atoms with E-state index < -0.39 is 0 Å². The predicted octanol–water partition coefficient (Wildman–Crippen LogP) is 3.80. The Morgan fingerprint density at radius 2 is 1.96 bits per heavy atom. The molecule has 2 aliphatic rings. The van der Waals surface area contributed by atoms with E-state index in [-0.39, 0.29) is 11.9 Å². The summed E-state index contributed by atoms with van der Waals surface area (Å²) < 4.78 is 0. The second-order valence-electron chi connectivity index (χ2n) is 7.62. The van der Waals surface area contributed by atoms with Gasteiger partial charge in [-0.1, -0.05) is 37.3 Å². The van der Waals surface area contributed by atoms with Gasteiger partial charge in [-0.2, -0.15) is 0 Å². The summed E-state index contributed by atoms with van der Waals surface area (Å²) in [6.07, 6.45) is 0.587. The van der Waals surface area contributed by atoms with Gasteiger partial charge in [0, 0.05) is 36.9 Å². The SMILES string of the molecule is CCC(=O)N1C[C@@H]2CN(Cc3nc(C)c(C)s3)C[C@@H]2[C@H]1c1ccccc1. The number of likely N-dealkylation sites (tertiary alicyclic amines) is 2. The van der Waals surface area contributed by atoms with Crippen LogP contribution < -0.4 is 0 Å². The van der Waals surface area contributed by atoms with Gasteiger partial charge >= 0.3 is 0 Å². The molecule has 1 aromatic carbocycles. The molecule has 2 aromatic rings. The number of nitrogens with zero attached hydrogens (tertiary/aromatic N) is 3. The summed E-state index contributed by atoms with van der Waals surface area (Å²) in [7, 11) is 0. The molecule has 0 unspecified atom stereocenters. The maximum absolute atomic E-state index is 12.5. The normalized spacial score (nSPS) is 25.7. The van der Waals surface area contributed by atoms with E-state index in [1.807, 2.05) is 18.3 Å². The number of amides is 1.